The highest BCUT2D eigenvalue weighted by molar-refractivity contribution is 5.79. The van der Waals surface area contributed by atoms with Gasteiger partial charge < -0.3 is 15.3 Å². The van der Waals surface area contributed by atoms with Crippen molar-refractivity contribution in [1.29, 1.82) is 0 Å². The van der Waals surface area contributed by atoms with Crippen molar-refractivity contribution >= 4 is 12.0 Å². The zero-order chi connectivity index (χ0) is 14.3. The molecule has 1 aliphatic rings. The van der Waals surface area contributed by atoms with E-state index in [4.69, 9.17) is 5.11 Å². The van der Waals surface area contributed by atoms with Gasteiger partial charge in [0.25, 0.3) is 0 Å². The second-order valence-electron chi connectivity index (χ2n) is 5.77. The number of amides is 2. The average molecular weight is 270 g/mol. The highest BCUT2D eigenvalue weighted by Crippen LogP contribution is 2.15. The summed E-state index contributed by atoms with van der Waals surface area (Å²) in [5, 5.41) is 11.5. The smallest absolute Gasteiger partial charge is 0.317 e. The number of unbranched alkanes of at least 4 members (excludes halogenated alkanes) is 3. The zero-order valence-electron chi connectivity index (χ0n) is 12.0. The van der Waals surface area contributed by atoms with Crippen LogP contribution in [0.25, 0.3) is 0 Å². The van der Waals surface area contributed by atoms with Crippen LogP contribution in [0.5, 0.6) is 0 Å². The monoisotopic (exact) mass is 270 g/mol. The van der Waals surface area contributed by atoms with Crippen LogP contribution >= 0.6 is 0 Å². The number of nitrogens with zero attached hydrogens (tertiary/aromatic N) is 1. The molecule has 1 saturated heterocycles. The number of hydrogen-bond donors (Lipinski definition) is 2. The molecule has 1 aliphatic heterocycles. The van der Waals surface area contributed by atoms with Crippen LogP contribution < -0.4 is 5.32 Å². The standard InChI is InChI=1S/C14H26N2O3/c1-11(2)7-5-3-4-6-8-15-14(19)16-9-12(10-16)13(17)18/h11-12H,3-10H2,1-2H3,(H,15,19)(H,17,18). The van der Waals surface area contributed by atoms with E-state index in [2.05, 4.69) is 19.2 Å². The highest BCUT2D eigenvalue weighted by atomic mass is 16.4. The molecule has 0 aromatic heterocycles. The fourth-order valence-corrected chi connectivity index (χ4v) is 2.14. The van der Waals surface area contributed by atoms with E-state index in [1.54, 1.807) is 4.90 Å². The van der Waals surface area contributed by atoms with Gasteiger partial charge in [-0.25, -0.2) is 4.79 Å². The van der Waals surface area contributed by atoms with Crippen LogP contribution in [0.3, 0.4) is 0 Å². The molecule has 0 spiro atoms. The second-order valence-corrected chi connectivity index (χ2v) is 5.77. The maximum atomic E-state index is 11.6. The Morgan fingerprint density at radius 3 is 2.42 bits per heavy atom. The summed E-state index contributed by atoms with van der Waals surface area (Å²) in [6.45, 7) is 5.84. The van der Waals surface area contributed by atoms with Crippen LogP contribution in [0.1, 0.15) is 46.0 Å². The molecule has 110 valence electrons. The number of urea groups is 1. The summed E-state index contributed by atoms with van der Waals surface area (Å²) in [7, 11) is 0. The summed E-state index contributed by atoms with van der Waals surface area (Å²) in [4.78, 5) is 23.7. The Morgan fingerprint density at radius 2 is 1.84 bits per heavy atom. The number of carbonyl (C=O) groups is 2. The van der Waals surface area contributed by atoms with Gasteiger partial charge in [-0.05, 0) is 12.3 Å². The van der Waals surface area contributed by atoms with Gasteiger partial charge in [0.2, 0.25) is 0 Å². The number of likely N-dealkylation sites (tertiary alicyclic amines) is 1. The molecule has 2 N–H and O–H groups in total. The third-order valence-corrected chi connectivity index (χ3v) is 3.50. The van der Waals surface area contributed by atoms with Gasteiger partial charge >= 0.3 is 12.0 Å². The molecule has 0 aliphatic carbocycles. The van der Waals surface area contributed by atoms with E-state index in [9.17, 15) is 9.59 Å². The molecule has 0 bridgehead atoms. The van der Waals surface area contributed by atoms with E-state index < -0.39 is 5.97 Å². The third-order valence-electron chi connectivity index (χ3n) is 3.50. The summed E-state index contributed by atoms with van der Waals surface area (Å²) in [6.07, 6.45) is 5.90. The van der Waals surface area contributed by atoms with Crippen molar-refractivity contribution in [3.05, 3.63) is 0 Å². The van der Waals surface area contributed by atoms with Gasteiger partial charge in [-0.15, -0.1) is 0 Å². The summed E-state index contributed by atoms with van der Waals surface area (Å²) in [6, 6.07) is -0.125. The number of carboxylic acids is 1. The molecule has 19 heavy (non-hydrogen) atoms. The number of hydrogen-bond acceptors (Lipinski definition) is 2. The zero-order valence-corrected chi connectivity index (χ0v) is 12.0. The molecule has 0 aromatic carbocycles. The van der Waals surface area contributed by atoms with Crippen molar-refractivity contribution in [2.45, 2.75) is 46.0 Å². The van der Waals surface area contributed by atoms with E-state index in [0.717, 1.165) is 18.8 Å². The second kappa shape index (κ2) is 8.02. The lowest BCUT2D eigenvalue weighted by Gasteiger charge is -2.36. The lowest BCUT2D eigenvalue weighted by atomic mass is 10.0. The van der Waals surface area contributed by atoms with Crippen LogP contribution in [-0.2, 0) is 4.79 Å². The molecule has 2 amide bonds. The third kappa shape index (κ3) is 5.94. The summed E-state index contributed by atoms with van der Waals surface area (Å²) < 4.78 is 0. The highest BCUT2D eigenvalue weighted by Gasteiger charge is 2.35. The van der Waals surface area contributed by atoms with Gasteiger partial charge in [-0.2, -0.15) is 0 Å². The number of nitrogens with one attached hydrogen (secondary N) is 1. The van der Waals surface area contributed by atoms with Crippen LogP contribution in [0.15, 0.2) is 0 Å². The minimum Gasteiger partial charge on any atom is -0.481 e. The van der Waals surface area contributed by atoms with E-state index >= 15 is 0 Å². The number of carbonyl (C=O) groups excluding carboxylic acids is 1. The lowest BCUT2D eigenvalue weighted by molar-refractivity contribution is -0.146. The van der Waals surface area contributed by atoms with Crippen molar-refractivity contribution in [2.75, 3.05) is 19.6 Å². The number of aliphatic carboxylic acids is 1. The quantitative estimate of drug-likeness (QED) is 0.665. The normalized spacial score (nSPS) is 15.4. The van der Waals surface area contributed by atoms with Gasteiger partial charge in [0.05, 0.1) is 5.92 Å². The molecular formula is C14H26N2O3. The van der Waals surface area contributed by atoms with Crippen molar-refractivity contribution in [3.63, 3.8) is 0 Å². The molecular weight excluding hydrogens is 244 g/mol. The molecule has 1 fully saturated rings. The summed E-state index contributed by atoms with van der Waals surface area (Å²) >= 11 is 0. The van der Waals surface area contributed by atoms with Gasteiger partial charge in [0.15, 0.2) is 0 Å². The molecule has 5 nitrogen and oxygen atoms in total. The first-order valence-corrected chi connectivity index (χ1v) is 7.26. The molecule has 0 radical (unpaired) electrons. The Balaban J connectivity index is 1.93. The van der Waals surface area contributed by atoms with Crippen LogP contribution in [0.2, 0.25) is 0 Å². The molecule has 0 saturated carbocycles. The van der Waals surface area contributed by atoms with Crippen molar-refractivity contribution < 1.29 is 14.7 Å². The van der Waals surface area contributed by atoms with Crippen molar-refractivity contribution in [1.82, 2.24) is 10.2 Å². The lowest BCUT2D eigenvalue weighted by Crippen LogP contribution is -2.56. The molecule has 1 heterocycles. The fraction of sp³-hybridized carbons (Fsp3) is 0.857. The molecule has 0 aromatic rings. The van der Waals surface area contributed by atoms with Gasteiger partial charge in [-0.1, -0.05) is 39.5 Å². The van der Waals surface area contributed by atoms with Gasteiger partial charge in [0, 0.05) is 19.6 Å². The van der Waals surface area contributed by atoms with E-state index in [1.165, 1.54) is 19.3 Å². The minimum atomic E-state index is -0.811. The van der Waals surface area contributed by atoms with Crippen LogP contribution in [0.4, 0.5) is 4.79 Å². The van der Waals surface area contributed by atoms with E-state index in [0.29, 0.717) is 19.6 Å². The Labute approximate surface area is 115 Å². The minimum absolute atomic E-state index is 0.125. The number of rotatable bonds is 8. The summed E-state index contributed by atoms with van der Waals surface area (Å²) in [5.74, 6) is -0.413. The van der Waals surface area contributed by atoms with Crippen molar-refractivity contribution in [2.24, 2.45) is 11.8 Å². The summed E-state index contributed by atoms with van der Waals surface area (Å²) in [5.41, 5.74) is 0. The van der Waals surface area contributed by atoms with Crippen molar-refractivity contribution in [3.8, 4) is 0 Å². The SMILES string of the molecule is CC(C)CCCCCCNC(=O)N1CC(C(=O)O)C1. The van der Waals surface area contributed by atoms with E-state index in [-0.39, 0.29) is 11.9 Å². The topological polar surface area (TPSA) is 69.6 Å². The average Bonchev–Trinajstić information content (AvgIpc) is 2.24. The van der Waals surface area contributed by atoms with Crippen LogP contribution in [-0.4, -0.2) is 41.6 Å². The Bertz CT molecular complexity index is 299. The molecule has 1 rings (SSSR count). The molecule has 5 heteroatoms. The van der Waals surface area contributed by atoms with Crippen LogP contribution in [0, 0.1) is 11.8 Å². The first kappa shape index (κ1) is 15.8. The number of carboxylic acid groups (broad SMARTS) is 1. The predicted molar refractivity (Wildman–Crippen MR) is 74.0 cm³/mol. The Hall–Kier alpha value is -1.26. The Kier molecular flexibility index (Phi) is 6.67. The predicted octanol–water partition coefficient (Wildman–Crippen LogP) is 2.32. The maximum Gasteiger partial charge on any atom is 0.317 e. The Morgan fingerprint density at radius 1 is 1.21 bits per heavy atom. The fourth-order valence-electron chi connectivity index (χ4n) is 2.14. The van der Waals surface area contributed by atoms with Gasteiger partial charge in [0.1, 0.15) is 0 Å². The molecule has 0 unspecified atom stereocenters. The first-order valence-electron chi connectivity index (χ1n) is 7.26. The maximum absolute atomic E-state index is 11.6. The molecule has 0 atom stereocenters. The van der Waals surface area contributed by atoms with E-state index in [1.807, 2.05) is 0 Å². The van der Waals surface area contributed by atoms with Gasteiger partial charge in [-0.3, -0.25) is 4.79 Å². The first-order chi connectivity index (χ1) is 9.00. The largest absolute Gasteiger partial charge is 0.481 e.